The molecule has 0 aromatic carbocycles. The van der Waals surface area contributed by atoms with Gasteiger partial charge in [-0.3, -0.25) is 0 Å². The van der Waals surface area contributed by atoms with Crippen molar-refractivity contribution in [2.75, 3.05) is 25.7 Å². The van der Waals surface area contributed by atoms with E-state index in [0.29, 0.717) is 13.3 Å². The van der Waals surface area contributed by atoms with Crippen molar-refractivity contribution in [1.29, 1.82) is 0 Å². The van der Waals surface area contributed by atoms with Crippen LogP contribution in [-0.4, -0.2) is 50.9 Å². The first-order valence-corrected chi connectivity index (χ1v) is 15.8. The van der Waals surface area contributed by atoms with Gasteiger partial charge in [0.2, 0.25) is 0 Å². The maximum atomic E-state index is 6.36. The van der Waals surface area contributed by atoms with Crippen LogP contribution in [0.1, 0.15) is 0 Å². The lowest BCUT2D eigenvalue weighted by Crippen LogP contribution is -2.58. The summed E-state index contributed by atoms with van der Waals surface area (Å²) in [6, 6.07) is 0. The normalized spacial score (nSPS) is 13.9. The Balaban J connectivity index is 4.44. The molecule has 0 unspecified atom stereocenters. The fraction of sp³-hybridized carbons (Fsp3) is 1.00. The van der Waals surface area contributed by atoms with E-state index in [2.05, 4.69) is 49.9 Å². The quantitative estimate of drug-likeness (QED) is 0.339. The van der Waals surface area contributed by atoms with Gasteiger partial charge in [0.05, 0.1) is 0 Å². The van der Waals surface area contributed by atoms with Gasteiger partial charge >= 0.3 is 8.56 Å². The molecule has 0 aliphatic rings. The van der Waals surface area contributed by atoms with Crippen molar-refractivity contribution in [3.05, 3.63) is 0 Å². The minimum atomic E-state index is -2.11. The zero-order valence-electron chi connectivity index (χ0n) is 13.3. The average molecular weight is 325 g/mol. The van der Waals surface area contributed by atoms with Gasteiger partial charge in [-0.1, -0.05) is 0 Å². The van der Waals surface area contributed by atoms with E-state index in [1.807, 2.05) is 0 Å². The molecule has 0 aliphatic heterocycles. The number of rotatable bonds is 10. The number of hydrogen-bond donors (Lipinski definition) is 4. The molecule has 0 heterocycles. The molecule has 6 N–H and O–H groups in total. The minimum Gasteiger partial charge on any atom is -0.435 e. The van der Waals surface area contributed by atoms with Crippen LogP contribution in [0.2, 0.25) is 39.3 Å². The molecule has 0 saturated carbocycles. The highest BCUT2D eigenvalue weighted by Crippen LogP contribution is 2.19. The average Bonchev–Trinajstić information content (AvgIpc) is 2.20. The number of nitrogens with two attached hydrogens (primary N) is 2. The molecule has 0 saturated heterocycles. The van der Waals surface area contributed by atoms with Crippen LogP contribution in [0.4, 0.5) is 0 Å². The summed E-state index contributed by atoms with van der Waals surface area (Å²) in [5.41, 5.74) is 11.0. The van der Waals surface area contributed by atoms with Gasteiger partial charge in [-0.05, 0) is 39.3 Å². The largest absolute Gasteiger partial charge is 0.435 e. The summed E-state index contributed by atoms with van der Waals surface area (Å²) in [7, 11) is -5.65. The van der Waals surface area contributed by atoms with Gasteiger partial charge in [0, 0.05) is 25.7 Å². The van der Waals surface area contributed by atoms with Crippen LogP contribution < -0.4 is 22.1 Å². The lowest BCUT2D eigenvalue weighted by molar-refractivity contribution is 0.385. The summed E-state index contributed by atoms with van der Waals surface area (Å²) in [6.07, 6.45) is 1.71. The fourth-order valence-electron chi connectivity index (χ4n) is 2.17. The number of hydrogen-bond acceptors (Lipinski definition) is 6. The van der Waals surface area contributed by atoms with Crippen LogP contribution in [-0.2, 0) is 8.23 Å². The molecule has 9 heteroatoms. The molecule has 0 aliphatic carbocycles. The first kappa shape index (κ1) is 19.4. The monoisotopic (exact) mass is 324 g/mol. The second-order valence-corrected chi connectivity index (χ2v) is 18.6. The molecule has 0 atom stereocenters. The molecule has 19 heavy (non-hydrogen) atoms. The predicted octanol–water partition coefficient (Wildman–Crippen LogP) is 0.222. The first-order valence-electron chi connectivity index (χ1n) is 6.75. The van der Waals surface area contributed by atoms with Crippen molar-refractivity contribution in [1.82, 2.24) is 10.6 Å². The molecular formula is C10H32N4O2Si3. The fourth-order valence-corrected chi connectivity index (χ4v) is 15.4. The lowest BCUT2D eigenvalue weighted by atomic mass is 11.1. The lowest BCUT2D eigenvalue weighted by Gasteiger charge is -2.38. The third-order valence-electron chi connectivity index (χ3n) is 2.43. The zero-order valence-corrected chi connectivity index (χ0v) is 16.3. The molecule has 0 spiro atoms. The molecule has 6 nitrogen and oxygen atoms in total. The second kappa shape index (κ2) is 8.00. The third-order valence-corrected chi connectivity index (χ3v) is 13.0. The SMILES string of the molecule is C[Si](C)(CNCN)O[Si](C)(C)O[Si](C)(C)CNCN. The molecule has 0 bridgehead atoms. The van der Waals surface area contributed by atoms with Gasteiger partial charge in [-0.25, -0.2) is 0 Å². The van der Waals surface area contributed by atoms with E-state index in [0.717, 1.165) is 12.3 Å². The summed E-state index contributed by atoms with van der Waals surface area (Å²) in [5.74, 6) is 0. The van der Waals surface area contributed by atoms with E-state index < -0.39 is 25.2 Å². The topological polar surface area (TPSA) is 94.6 Å². The minimum absolute atomic E-state index is 0.489. The highest BCUT2D eigenvalue weighted by Gasteiger charge is 2.39. The molecule has 0 amide bonds. The van der Waals surface area contributed by atoms with Gasteiger partial charge in [-0.15, -0.1) is 0 Å². The standard InChI is InChI=1S/C10H32N4O2Si3/c1-17(2,9-13-7-11)15-19(5,6)16-18(3,4)10-14-8-12/h13-14H,7-12H2,1-6H3. The Hall–Kier alpha value is 0.411. The molecule has 0 fully saturated rings. The Bertz CT molecular complexity index is 241. The number of nitrogens with one attached hydrogen (secondary N) is 2. The summed E-state index contributed by atoms with van der Waals surface area (Å²) in [4.78, 5) is 0. The second-order valence-electron chi connectivity index (χ2n) is 6.39. The van der Waals surface area contributed by atoms with Crippen molar-refractivity contribution in [3.8, 4) is 0 Å². The van der Waals surface area contributed by atoms with Gasteiger partial charge < -0.3 is 30.3 Å². The van der Waals surface area contributed by atoms with Gasteiger partial charge in [0.1, 0.15) is 0 Å². The van der Waals surface area contributed by atoms with Crippen molar-refractivity contribution >= 4 is 25.2 Å². The molecule has 116 valence electrons. The molecular weight excluding hydrogens is 292 g/mol. The van der Waals surface area contributed by atoms with Crippen molar-refractivity contribution in [2.24, 2.45) is 11.5 Å². The molecule has 0 radical (unpaired) electrons. The van der Waals surface area contributed by atoms with E-state index in [1.54, 1.807) is 0 Å². The van der Waals surface area contributed by atoms with Crippen LogP contribution in [0.3, 0.4) is 0 Å². The summed E-state index contributed by atoms with van der Waals surface area (Å²) in [5, 5.41) is 6.34. The third kappa shape index (κ3) is 9.87. The van der Waals surface area contributed by atoms with E-state index >= 15 is 0 Å². The smallest absolute Gasteiger partial charge is 0.311 e. The van der Waals surface area contributed by atoms with Crippen molar-refractivity contribution in [3.63, 3.8) is 0 Å². The zero-order chi connectivity index (χ0) is 15.2. The van der Waals surface area contributed by atoms with Gasteiger partial charge in [0.15, 0.2) is 16.6 Å². The Labute approximate surface area is 121 Å². The molecule has 0 aromatic rings. The van der Waals surface area contributed by atoms with Crippen molar-refractivity contribution < 1.29 is 8.23 Å². The van der Waals surface area contributed by atoms with Gasteiger partial charge in [-0.2, -0.15) is 0 Å². The van der Waals surface area contributed by atoms with Gasteiger partial charge in [0.25, 0.3) is 0 Å². The van der Waals surface area contributed by atoms with E-state index in [1.165, 1.54) is 0 Å². The van der Waals surface area contributed by atoms with Crippen LogP contribution in [0.5, 0.6) is 0 Å². The Morgan fingerprint density at radius 3 is 1.32 bits per heavy atom. The summed E-state index contributed by atoms with van der Waals surface area (Å²) in [6.45, 7) is 14.0. The van der Waals surface area contributed by atoms with E-state index in [9.17, 15) is 0 Å². The summed E-state index contributed by atoms with van der Waals surface area (Å²) >= 11 is 0. The van der Waals surface area contributed by atoms with E-state index in [4.69, 9.17) is 19.7 Å². The van der Waals surface area contributed by atoms with Crippen LogP contribution in [0.25, 0.3) is 0 Å². The Morgan fingerprint density at radius 1 is 0.737 bits per heavy atom. The molecule has 0 rings (SSSR count). The molecule has 0 aromatic heterocycles. The Morgan fingerprint density at radius 2 is 1.05 bits per heavy atom. The highest BCUT2D eigenvalue weighted by molar-refractivity contribution is 6.88. The summed E-state index contributed by atoms with van der Waals surface area (Å²) < 4.78 is 12.7. The van der Waals surface area contributed by atoms with E-state index in [-0.39, 0.29) is 0 Å². The maximum absolute atomic E-state index is 6.36. The predicted molar refractivity (Wildman–Crippen MR) is 88.7 cm³/mol. The van der Waals surface area contributed by atoms with Crippen LogP contribution >= 0.6 is 0 Å². The highest BCUT2D eigenvalue weighted by atomic mass is 28.5. The van der Waals surface area contributed by atoms with Crippen LogP contribution in [0, 0.1) is 0 Å². The first-order chi connectivity index (χ1) is 8.54. The Kier molecular flexibility index (Phi) is 8.17. The maximum Gasteiger partial charge on any atom is 0.311 e. The van der Waals surface area contributed by atoms with Crippen LogP contribution in [0.15, 0.2) is 0 Å². The van der Waals surface area contributed by atoms with Crippen molar-refractivity contribution in [2.45, 2.75) is 39.3 Å².